The van der Waals surface area contributed by atoms with Crippen LogP contribution in [0.15, 0.2) is 0 Å². The summed E-state index contributed by atoms with van der Waals surface area (Å²) in [5.74, 6) is 0.874. The minimum absolute atomic E-state index is 0.503. The van der Waals surface area contributed by atoms with E-state index in [4.69, 9.17) is 0 Å². The second kappa shape index (κ2) is 7.00. The van der Waals surface area contributed by atoms with Gasteiger partial charge in [-0.2, -0.15) is 0 Å². The summed E-state index contributed by atoms with van der Waals surface area (Å²) >= 11 is 0. The second-order valence-electron chi connectivity index (χ2n) is 9.27. The molecule has 2 fully saturated rings. The van der Waals surface area contributed by atoms with E-state index in [-0.39, 0.29) is 0 Å². The largest absolute Gasteiger partial charge is 0.316 e. The van der Waals surface area contributed by atoms with Gasteiger partial charge in [0.2, 0.25) is 0 Å². The lowest BCUT2D eigenvalue weighted by Crippen LogP contribution is -2.49. The molecule has 1 saturated heterocycles. The van der Waals surface area contributed by atoms with E-state index in [1.54, 1.807) is 0 Å². The Labute approximate surface area is 133 Å². The van der Waals surface area contributed by atoms with Gasteiger partial charge >= 0.3 is 0 Å². The SMILES string of the molecule is CCCN(CC1CCCNC1)C1CC(C)(C)CC(C)(C)C1. The first-order valence-electron chi connectivity index (χ1n) is 9.26. The molecule has 1 atom stereocenters. The molecule has 2 heteroatoms. The third-order valence-electron chi connectivity index (χ3n) is 5.45. The minimum Gasteiger partial charge on any atom is -0.316 e. The molecule has 1 N–H and O–H groups in total. The number of hydrogen-bond donors (Lipinski definition) is 1. The van der Waals surface area contributed by atoms with Crippen LogP contribution in [0.3, 0.4) is 0 Å². The maximum Gasteiger partial charge on any atom is 0.0105 e. The average molecular weight is 295 g/mol. The van der Waals surface area contributed by atoms with Gasteiger partial charge in [-0.3, -0.25) is 0 Å². The van der Waals surface area contributed by atoms with Crippen LogP contribution in [-0.2, 0) is 0 Å². The van der Waals surface area contributed by atoms with Gasteiger partial charge in [-0.05, 0) is 74.9 Å². The van der Waals surface area contributed by atoms with Crippen molar-refractivity contribution in [2.75, 3.05) is 26.2 Å². The van der Waals surface area contributed by atoms with Crippen molar-refractivity contribution < 1.29 is 0 Å². The lowest BCUT2D eigenvalue weighted by molar-refractivity contribution is 0.0160. The number of nitrogens with one attached hydrogen (secondary N) is 1. The Balaban J connectivity index is 2.01. The Kier molecular flexibility index (Phi) is 5.76. The lowest BCUT2D eigenvalue weighted by atomic mass is 9.63. The van der Waals surface area contributed by atoms with Crippen molar-refractivity contribution in [3.05, 3.63) is 0 Å². The maximum atomic E-state index is 3.59. The van der Waals surface area contributed by atoms with Gasteiger partial charge in [0.15, 0.2) is 0 Å². The summed E-state index contributed by atoms with van der Waals surface area (Å²) in [4.78, 5) is 2.85. The monoisotopic (exact) mass is 294 g/mol. The van der Waals surface area contributed by atoms with E-state index in [0.717, 1.165) is 12.0 Å². The minimum atomic E-state index is 0.503. The smallest absolute Gasteiger partial charge is 0.0105 e. The van der Waals surface area contributed by atoms with Crippen molar-refractivity contribution in [1.82, 2.24) is 10.2 Å². The highest BCUT2D eigenvalue weighted by atomic mass is 15.2. The molecule has 0 bridgehead atoms. The zero-order valence-electron chi connectivity index (χ0n) is 15.2. The topological polar surface area (TPSA) is 15.3 Å². The summed E-state index contributed by atoms with van der Waals surface area (Å²) in [5, 5.41) is 3.59. The Hall–Kier alpha value is -0.0800. The molecule has 21 heavy (non-hydrogen) atoms. The van der Waals surface area contributed by atoms with E-state index in [9.17, 15) is 0 Å². The summed E-state index contributed by atoms with van der Waals surface area (Å²) in [6.45, 7) is 17.3. The molecule has 1 aliphatic carbocycles. The highest BCUT2D eigenvalue weighted by Crippen LogP contribution is 2.47. The third-order valence-corrected chi connectivity index (χ3v) is 5.45. The van der Waals surface area contributed by atoms with E-state index in [1.165, 1.54) is 64.7 Å². The molecule has 1 unspecified atom stereocenters. The van der Waals surface area contributed by atoms with Crippen LogP contribution in [0.25, 0.3) is 0 Å². The van der Waals surface area contributed by atoms with E-state index >= 15 is 0 Å². The van der Waals surface area contributed by atoms with Crippen LogP contribution in [0, 0.1) is 16.7 Å². The van der Waals surface area contributed by atoms with Gasteiger partial charge in [0.25, 0.3) is 0 Å². The Bertz CT molecular complexity index is 300. The number of rotatable bonds is 5. The number of nitrogens with zero attached hydrogens (tertiary/aromatic N) is 1. The van der Waals surface area contributed by atoms with Crippen molar-refractivity contribution in [3.8, 4) is 0 Å². The number of piperidine rings is 1. The van der Waals surface area contributed by atoms with Gasteiger partial charge < -0.3 is 10.2 Å². The quantitative estimate of drug-likeness (QED) is 0.813. The first kappa shape index (κ1) is 17.3. The zero-order valence-corrected chi connectivity index (χ0v) is 15.2. The molecule has 0 aromatic rings. The zero-order chi connectivity index (χ0) is 15.5. The highest BCUT2D eigenvalue weighted by molar-refractivity contribution is 4.93. The molecule has 124 valence electrons. The molecular weight excluding hydrogens is 256 g/mol. The standard InChI is InChI=1S/C19H38N2/c1-6-10-21(14-16-8-7-9-20-13-16)17-11-18(2,3)15-19(4,5)12-17/h16-17,20H,6-15H2,1-5H3. The molecule has 2 aliphatic rings. The van der Waals surface area contributed by atoms with Crippen molar-refractivity contribution >= 4 is 0 Å². The lowest BCUT2D eigenvalue weighted by Gasteiger charge is -2.49. The summed E-state index contributed by atoms with van der Waals surface area (Å²) in [7, 11) is 0. The van der Waals surface area contributed by atoms with Gasteiger partial charge in [0.1, 0.15) is 0 Å². The fourth-order valence-corrected chi connectivity index (χ4v) is 5.17. The Morgan fingerprint density at radius 3 is 2.29 bits per heavy atom. The second-order valence-corrected chi connectivity index (χ2v) is 9.27. The number of hydrogen-bond acceptors (Lipinski definition) is 2. The van der Waals surface area contributed by atoms with Crippen molar-refractivity contribution in [2.24, 2.45) is 16.7 Å². The molecule has 0 amide bonds. The molecule has 0 aromatic heterocycles. The van der Waals surface area contributed by atoms with Gasteiger partial charge in [-0.1, -0.05) is 34.6 Å². The summed E-state index contributed by atoms with van der Waals surface area (Å²) in [6, 6.07) is 0.797. The van der Waals surface area contributed by atoms with Crippen LogP contribution in [0.5, 0.6) is 0 Å². The van der Waals surface area contributed by atoms with Crippen LogP contribution in [-0.4, -0.2) is 37.1 Å². The molecule has 1 saturated carbocycles. The molecule has 0 spiro atoms. The third kappa shape index (κ3) is 5.25. The molecule has 1 heterocycles. The normalized spacial score (nSPS) is 29.7. The van der Waals surface area contributed by atoms with Gasteiger partial charge in [-0.25, -0.2) is 0 Å². The van der Waals surface area contributed by atoms with Gasteiger partial charge in [-0.15, -0.1) is 0 Å². The van der Waals surface area contributed by atoms with Crippen LogP contribution in [0.2, 0.25) is 0 Å². The van der Waals surface area contributed by atoms with Gasteiger partial charge in [0.05, 0.1) is 0 Å². The molecule has 0 radical (unpaired) electrons. The van der Waals surface area contributed by atoms with E-state index in [1.807, 2.05) is 0 Å². The highest BCUT2D eigenvalue weighted by Gasteiger charge is 2.40. The first-order chi connectivity index (χ1) is 9.81. The van der Waals surface area contributed by atoms with E-state index < -0.39 is 0 Å². The predicted octanol–water partition coefficient (Wildman–Crippen LogP) is 4.30. The van der Waals surface area contributed by atoms with E-state index in [2.05, 4.69) is 44.8 Å². The van der Waals surface area contributed by atoms with Crippen LogP contribution < -0.4 is 5.32 Å². The molecular formula is C19H38N2. The first-order valence-corrected chi connectivity index (χ1v) is 9.26. The fourth-order valence-electron chi connectivity index (χ4n) is 5.17. The maximum absolute atomic E-state index is 3.59. The Morgan fingerprint density at radius 1 is 1.10 bits per heavy atom. The summed E-state index contributed by atoms with van der Waals surface area (Å²) < 4.78 is 0. The molecule has 1 aliphatic heterocycles. The van der Waals surface area contributed by atoms with Crippen molar-refractivity contribution in [1.29, 1.82) is 0 Å². The molecule has 0 aromatic carbocycles. The van der Waals surface area contributed by atoms with Crippen molar-refractivity contribution in [2.45, 2.75) is 79.2 Å². The van der Waals surface area contributed by atoms with Crippen LogP contribution in [0.4, 0.5) is 0 Å². The van der Waals surface area contributed by atoms with Gasteiger partial charge in [0, 0.05) is 12.6 Å². The summed E-state index contributed by atoms with van der Waals surface area (Å²) in [5.41, 5.74) is 1.01. The fraction of sp³-hybridized carbons (Fsp3) is 1.00. The Morgan fingerprint density at radius 2 is 1.76 bits per heavy atom. The predicted molar refractivity (Wildman–Crippen MR) is 92.7 cm³/mol. The van der Waals surface area contributed by atoms with Crippen LogP contribution >= 0.6 is 0 Å². The van der Waals surface area contributed by atoms with E-state index in [0.29, 0.717) is 10.8 Å². The average Bonchev–Trinajstić information content (AvgIpc) is 2.36. The van der Waals surface area contributed by atoms with Crippen LogP contribution in [0.1, 0.15) is 73.1 Å². The molecule has 2 rings (SSSR count). The van der Waals surface area contributed by atoms with Crippen molar-refractivity contribution in [3.63, 3.8) is 0 Å². The molecule has 2 nitrogen and oxygen atoms in total. The summed E-state index contributed by atoms with van der Waals surface area (Å²) in [6.07, 6.45) is 8.23.